The number of carbonyl (C=O) groups is 2. The topological polar surface area (TPSA) is 85.3 Å². The van der Waals surface area contributed by atoms with Crippen LogP contribution in [0.25, 0.3) is 0 Å². The summed E-state index contributed by atoms with van der Waals surface area (Å²) in [6, 6.07) is -0.748. The lowest BCUT2D eigenvalue weighted by molar-refractivity contribution is -0.141. The van der Waals surface area contributed by atoms with E-state index in [-0.39, 0.29) is 24.9 Å². The molecule has 7 nitrogen and oxygen atoms in total. The molecule has 0 aromatic heterocycles. The number of amides is 1. The van der Waals surface area contributed by atoms with Crippen LogP contribution in [0.3, 0.4) is 0 Å². The number of aliphatic carboxylic acids is 1. The van der Waals surface area contributed by atoms with E-state index in [1.807, 2.05) is 27.7 Å². The lowest BCUT2D eigenvalue weighted by Crippen LogP contribution is -2.41. The van der Waals surface area contributed by atoms with Crippen molar-refractivity contribution in [1.82, 2.24) is 4.90 Å². The van der Waals surface area contributed by atoms with Gasteiger partial charge in [0.15, 0.2) is 0 Å². The summed E-state index contributed by atoms with van der Waals surface area (Å²) >= 11 is 0. The lowest BCUT2D eigenvalue weighted by Gasteiger charge is -2.32. The number of carboxylic acids is 1. The minimum atomic E-state index is -0.967. The predicted octanol–water partition coefficient (Wildman–Crippen LogP) is 2.54. The van der Waals surface area contributed by atoms with Crippen molar-refractivity contribution in [1.29, 1.82) is 0 Å². The van der Waals surface area contributed by atoms with Crippen molar-refractivity contribution in [3.05, 3.63) is 0 Å². The van der Waals surface area contributed by atoms with E-state index >= 15 is 0 Å². The summed E-state index contributed by atoms with van der Waals surface area (Å²) in [6.07, 6.45) is 2.91. The van der Waals surface area contributed by atoms with Gasteiger partial charge in [0.05, 0.1) is 17.8 Å². The average molecular weight is 341 g/mol. The Morgan fingerprint density at radius 2 is 1.83 bits per heavy atom. The third-order valence-electron chi connectivity index (χ3n) is 5.13. The Morgan fingerprint density at radius 3 is 2.42 bits per heavy atom. The third-order valence-corrected chi connectivity index (χ3v) is 5.13. The normalized spacial score (nSPS) is 25.1. The fourth-order valence-electron chi connectivity index (χ4n) is 2.98. The minimum Gasteiger partial charge on any atom is -0.480 e. The maximum Gasteiger partial charge on any atom is 0.457 e. The molecule has 1 unspecified atom stereocenters. The van der Waals surface area contributed by atoms with Crippen LogP contribution in [0, 0.1) is 0 Å². The van der Waals surface area contributed by atoms with Crippen molar-refractivity contribution < 1.29 is 28.7 Å². The quantitative estimate of drug-likeness (QED) is 0.590. The number of hydrogen-bond donors (Lipinski definition) is 1. The maximum absolute atomic E-state index is 11.9. The summed E-state index contributed by atoms with van der Waals surface area (Å²) in [5.41, 5.74) is -0.655. The largest absolute Gasteiger partial charge is 0.480 e. The van der Waals surface area contributed by atoms with Crippen LogP contribution in [0.4, 0.5) is 4.79 Å². The van der Waals surface area contributed by atoms with Crippen molar-refractivity contribution >= 4 is 19.2 Å². The Balaban J connectivity index is 1.64. The molecule has 0 aromatic rings. The van der Waals surface area contributed by atoms with Crippen LogP contribution < -0.4 is 0 Å². The molecule has 0 spiro atoms. The van der Waals surface area contributed by atoms with Crippen molar-refractivity contribution in [2.45, 2.75) is 76.9 Å². The van der Waals surface area contributed by atoms with Gasteiger partial charge in [0.25, 0.3) is 0 Å². The molecule has 2 aliphatic heterocycles. The fourth-order valence-corrected chi connectivity index (χ4v) is 2.98. The highest BCUT2D eigenvalue weighted by molar-refractivity contribution is 6.45. The second kappa shape index (κ2) is 7.31. The van der Waals surface area contributed by atoms with E-state index in [9.17, 15) is 9.59 Å². The van der Waals surface area contributed by atoms with Crippen molar-refractivity contribution in [2.75, 3.05) is 13.2 Å². The summed E-state index contributed by atoms with van der Waals surface area (Å²) in [7, 11) is -0.235. The molecule has 0 aliphatic carbocycles. The Hall–Kier alpha value is -1.28. The number of hydrogen-bond acceptors (Lipinski definition) is 5. The maximum atomic E-state index is 11.9. The van der Waals surface area contributed by atoms with E-state index in [1.54, 1.807) is 0 Å². The average Bonchev–Trinajstić information content (AvgIpc) is 3.01. The van der Waals surface area contributed by atoms with Gasteiger partial charge in [-0.3, -0.25) is 4.90 Å². The molecule has 2 fully saturated rings. The van der Waals surface area contributed by atoms with Gasteiger partial charge < -0.3 is 19.2 Å². The summed E-state index contributed by atoms with van der Waals surface area (Å²) in [5.74, 6) is -0.967. The highest BCUT2D eigenvalue weighted by atomic mass is 16.7. The second-order valence-electron chi connectivity index (χ2n) is 7.49. The highest BCUT2D eigenvalue weighted by Crippen LogP contribution is 2.38. The molecular formula is C16H28BNO6. The second-order valence-corrected chi connectivity index (χ2v) is 7.49. The molecule has 2 heterocycles. The number of nitrogens with zero attached hydrogens (tertiary/aromatic N) is 1. The van der Waals surface area contributed by atoms with Gasteiger partial charge in [-0.25, -0.2) is 9.59 Å². The van der Waals surface area contributed by atoms with E-state index in [1.165, 1.54) is 4.90 Å². The number of rotatable bonds is 6. The predicted molar refractivity (Wildman–Crippen MR) is 88.8 cm³/mol. The number of carbonyl (C=O) groups excluding carboxylic acids is 1. The van der Waals surface area contributed by atoms with Crippen LogP contribution >= 0.6 is 0 Å². The molecular weight excluding hydrogens is 313 g/mol. The van der Waals surface area contributed by atoms with Gasteiger partial charge in [-0.2, -0.15) is 0 Å². The molecule has 1 amide bonds. The molecule has 1 N–H and O–H groups in total. The fraction of sp³-hybridized carbons (Fsp3) is 0.875. The molecule has 2 rings (SSSR count). The molecule has 0 bridgehead atoms. The molecule has 0 radical (unpaired) electrons. The van der Waals surface area contributed by atoms with Gasteiger partial charge in [-0.05, 0) is 53.3 Å². The van der Waals surface area contributed by atoms with Crippen LogP contribution in [0.15, 0.2) is 0 Å². The standard InChI is InChI=1S/C16H28BNO6/c1-15(2)16(3,4)24-17(23-15)9-5-6-11-22-14(21)18-10-7-8-12(18)13(19)20/h12H,5-11H2,1-4H3,(H,19,20). The SMILES string of the molecule is CC1(C)OB(CCCCOC(=O)N2CCCC2C(=O)O)OC1(C)C. The minimum absolute atomic E-state index is 0.235. The zero-order valence-corrected chi connectivity index (χ0v) is 15.0. The van der Waals surface area contributed by atoms with Crippen LogP contribution in [0.5, 0.6) is 0 Å². The van der Waals surface area contributed by atoms with E-state index in [0.717, 1.165) is 12.7 Å². The van der Waals surface area contributed by atoms with Crippen LogP contribution in [-0.2, 0) is 18.8 Å². The zero-order chi connectivity index (χ0) is 18.0. The first-order valence-electron chi connectivity index (χ1n) is 8.66. The van der Waals surface area contributed by atoms with E-state index in [4.69, 9.17) is 19.2 Å². The van der Waals surface area contributed by atoms with Crippen LogP contribution in [-0.4, -0.2) is 59.6 Å². The molecule has 136 valence electrons. The van der Waals surface area contributed by atoms with Gasteiger partial charge >= 0.3 is 19.2 Å². The Kier molecular flexibility index (Phi) is 5.80. The number of ether oxygens (including phenoxy) is 1. The van der Waals surface area contributed by atoms with Gasteiger partial charge in [-0.15, -0.1) is 0 Å². The van der Waals surface area contributed by atoms with Gasteiger partial charge in [-0.1, -0.05) is 6.42 Å². The molecule has 2 aliphatic rings. The Bertz CT molecular complexity index is 465. The molecule has 0 aromatic carbocycles. The van der Waals surface area contributed by atoms with Gasteiger partial charge in [0, 0.05) is 6.54 Å². The molecule has 0 saturated carbocycles. The van der Waals surface area contributed by atoms with Crippen molar-refractivity contribution in [3.63, 3.8) is 0 Å². The zero-order valence-electron chi connectivity index (χ0n) is 15.0. The summed E-state index contributed by atoms with van der Waals surface area (Å²) in [4.78, 5) is 24.3. The van der Waals surface area contributed by atoms with Crippen LogP contribution in [0.1, 0.15) is 53.4 Å². The van der Waals surface area contributed by atoms with Crippen molar-refractivity contribution in [2.24, 2.45) is 0 Å². The first kappa shape index (κ1) is 19.1. The van der Waals surface area contributed by atoms with E-state index in [0.29, 0.717) is 25.8 Å². The highest BCUT2D eigenvalue weighted by Gasteiger charge is 2.50. The molecule has 24 heavy (non-hydrogen) atoms. The lowest BCUT2D eigenvalue weighted by atomic mass is 9.82. The first-order chi connectivity index (χ1) is 11.1. The molecule has 8 heteroatoms. The number of likely N-dealkylation sites (tertiary alicyclic amines) is 1. The molecule has 2 saturated heterocycles. The van der Waals surface area contributed by atoms with Crippen molar-refractivity contribution in [3.8, 4) is 0 Å². The summed E-state index contributed by atoms with van der Waals surface area (Å²) in [5, 5.41) is 9.07. The number of carboxylic acid groups (broad SMARTS) is 1. The first-order valence-corrected chi connectivity index (χ1v) is 8.66. The van der Waals surface area contributed by atoms with Gasteiger partial charge in [0.1, 0.15) is 6.04 Å². The Labute approximate surface area is 143 Å². The van der Waals surface area contributed by atoms with Crippen LogP contribution in [0.2, 0.25) is 6.32 Å². The smallest absolute Gasteiger partial charge is 0.457 e. The van der Waals surface area contributed by atoms with E-state index in [2.05, 4.69) is 0 Å². The van der Waals surface area contributed by atoms with Gasteiger partial charge in [0.2, 0.25) is 0 Å². The third kappa shape index (κ3) is 4.22. The van der Waals surface area contributed by atoms with E-state index < -0.39 is 18.1 Å². The molecule has 1 atom stereocenters. The monoisotopic (exact) mass is 341 g/mol. The number of unbranched alkanes of at least 4 members (excludes halogenated alkanes) is 1. The summed E-state index contributed by atoms with van der Waals surface area (Å²) in [6.45, 7) is 8.80. The Morgan fingerprint density at radius 1 is 1.21 bits per heavy atom. The summed E-state index contributed by atoms with van der Waals surface area (Å²) < 4.78 is 17.0.